The molecule has 0 radical (unpaired) electrons. The summed E-state index contributed by atoms with van der Waals surface area (Å²) in [5.74, 6) is 0.285. The number of ether oxygens (including phenoxy) is 2. The Bertz CT molecular complexity index is 1070. The molecule has 0 bridgehead atoms. The van der Waals surface area contributed by atoms with Gasteiger partial charge in [-0.05, 0) is 42.5 Å². The van der Waals surface area contributed by atoms with Crippen LogP contribution in [0.1, 0.15) is 21.0 Å². The minimum Gasteiger partial charge on any atom is -0.454 e. The first-order valence-corrected chi connectivity index (χ1v) is 8.71. The maximum atomic E-state index is 12.5. The molecule has 2 N–H and O–H groups in total. The second kappa shape index (κ2) is 7.58. The summed E-state index contributed by atoms with van der Waals surface area (Å²) in [7, 11) is 0. The molecular formula is C20H14ClN3O4. The number of rotatable bonds is 4. The van der Waals surface area contributed by atoms with E-state index in [9.17, 15) is 9.59 Å². The second-order valence-electron chi connectivity index (χ2n) is 5.89. The molecule has 8 heteroatoms. The molecule has 0 aliphatic carbocycles. The lowest BCUT2D eigenvalue weighted by Crippen LogP contribution is -2.18. The Morgan fingerprint density at radius 3 is 2.18 bits per heavy atom. The van der Waals surface area contributed by atoms with E-state index < -0.39 is 11.8 Å². The molecule has 1 aliphatic rings. The molecule has 0 atom stereocenters. The number of hydrogen-bond donors (Lipinski definition) is 2. The monoisotopic (exact) mass is 395 g/mol. The Kier molecular flexibility index (Phi) is 4.82. The topological polar surface area (TPSA) is 89.6 Å². The van der Waals surface area contributed by atoms with Gasteiger partial charge in [-0.1, -0.05) is 23.7 Å². The number of carbonyl (C=O) groups excluding carboxylic acids is 2. The predicted octanol–water partition coefficient (Wildman–Crippen LogP) is 3.97. The molecule has 2 amide bonds. The maximum Gasteiger partial charge on any atom is 0.274 e. The number of pyridine rings is 1. The van der Waals surface area contributed by atoms with Crippen molar-refractivity contribution in [1.29, 1.82) is 0 Å². The van der Waals surface area contributed by atoms with Gasteiger partial charge >= 0.3 is 0 Å². The predicted molar refractivity (Wildman–Crippen MR) is 104 cm³/mol. The molecule has 0 unspecified atom stereocenters. The standard InChI is InChI=1S/C20H14ClN3O4/c21-12-3-1-4-13(9-12)22-19(25)15-5-2-6-16(24-15)20(26)23-14-7-8-17-18(10-14)28-11-27-17/h1-10H,11H2,(H,22,25)(H,23,26). The Labute approximate surface area is 165 Å². The third-order valence-corrected chi connectivity index (χ3v) is 4.16. The molecule has 0 spiro atoms. The minimum absolute atomic E-state index is 0.108. The molecule has 0 fully saturated rings. The average molecular weight is 396 g/mol. The van der Waals surface area contributed by atoms with Gasteiger partial charge in [0.05, 0.1) is 0 Å². The fraction of sp³-hybridized carbons (Fsp3) is 0.0500. The molecule has 7 nitrogen and oxygen atoms in total. The van der Waals surface area contributed by atoms with Crippen molar-refractivity contribution >= 4 is 34.8 Å². The smallest absolute Gasteiger partial charge is 0.274 e. The number of halogens is 1. The minimum atomic E-state index is -0.448. The second-order valence-corrected chi connectivity index (χ2v) is 6.33. The number of anilines is 2. The summed E-state index contributed by atoms with van der Waals surface area (Å²) in [6.07, 6.45) is 0. The van der Waals surface area contributed by atoms with Crippen LogP contribution >= 0.6 is 11.6 Å². The normalized spacial score (nSPS) is 11.8. The third-order valence-electron chi connectivity index (χ3n) is 3.93. The van der Waals surface area contributed by atoms with Crippen LogP contribution in [0, 0.1) is 0 Å². The van der Waals surface area contributed by atoms with Gasteiger partial charge in [0.1, 0.15) is 11.4 Å². The average Bonchev–Trinajstić information content (AvgIpc) is 3.16. The molecule has 0 saturated heterocycles. The highest BCUT2D eigenvalue weighted by Gasteiger charge is 2.16. The van der Waals surface area contributed by atoms with E-state index in [2.05, 4.69) is 15.6 Å². The molecule has 3 aromatic rings. The highest BCUT2D eigenvalue weighted by atomic mass is 35.5. The Morgan fingerprint density at radius 1 is 0.821 bits per heavy atom. The van der Waals surface area contributed by atoms with Crippen LogP contribution in [-0.2, 0) is 0 Å². The molecule has 140 valence electrons. The van der Waals surface area contributed by atoms with Crippen LogP contribution in [0.15, 0.2) is 60.7 Å². The zero-order valence-electron chi connectivity index (χ0n) is 14.4. The number of nitrogens with zero attached hydrogens (tertiary/aromatic N) is 1. The highest BCUT2D eigenvalue weighted by Crippen LogP contribution is 2.34. The molecule has 4 rings (SSSR count). The summed E-state index contributed by atoms with van der Waals surface area (Å²) < 4.78 is 10.5. The lowest BCUT2D eigenvalue weighted by Gasteiger charge is -2.08. The molecule has 28 heavy (non-hydrogen) atoms. The van der Waals surface area contributed by atoms with Crippen molar-refractivity contribution in [2.24, 2.45) is 0 Å². The van der Waals surface area contributed by atoms with E-state index in [1.165, 1.54) is 12.1 Å². The van der Waals surface area contributed by atoms with E-state index in [0.29, 0.717) is 27.9 Å². The van der Waals surface area contributed by atoms with E-state index in [1.807, 2.05) is 0 Å². The number of nitrogens with one attached hydrogen (secondary N) is 2. The molecular weight excluding hydrogens is 382 g/mol. The molecule has 1 aromatic heterocycles. The zero-order valence-corrected chi connectivity index (χ0v) is 15.2. The number of carbonyl (C=O) groups is 2. The number of hydrogen-bond acceptors (Lipinski definition) is 5. The first-order valence-electron chi connectivity index (χ1n) is 8.33. The summed E-state index contributed by atoms with van der Waals surface area (Å²) in [5.41, 5.74) is 1.29. The Hall–Kier alpha value is -3.58. The van der Waals surface area contributed by atoms with Gasteiger partial charge in [-0.2, -0.15) is 0 Å². The largest absolute Gasteiger partial charge is 0.454 e. The van der Waals surface area contributed by atoms with Crippen molar-refractivity contribution in [3.63, 3.8) is 0 Å². The maximum absolute atomic E-state index is 12.5. The SMILES string of the molecule is O=C(Nc1cccc(Cl)c1)c1cccc(C(=O)Nc2ccc3c(c2)OCO3)n1. The van der Waals surface area contributed by atoms with Crippen LogP contribution < -0.4 is 20.1 Å². The first-order chi connectivity index (χ1) is 13.6. The van der Waals surface area contributed by atoms with Gasteiger partial charge in [0, 0.05) is 22.5 Å². The van der Waals surface area contributed by atoms with Crippen molar-refractivity contribution in [2.75, 3.05) is 17.4 Å². The number of fused-ring (bicyclic) bond motifs is 1. The van der Waals surface area contributed by atoms with E-state index in [1.54, 1.807) is 48.5 Å². The number of amides is 2. The van der Waals surface area contributed by atoms with Gasteiger partial charge in [0.25, 0.3) is 11.8 Å². The van der Waals surface area contributed by atoms with Crippen molar-refractivity contribution in [2.45, 2.75) is 0 Å². The summed E-state index contributed by atoms with van der Waals surface area (Å²) in [4.78, 5) is 29.1. The lowest BCUT2D eigenvalue weighted by molar-refractivity contribution is 0.101. The fourth-order valence-electron chi connectivity index (χ4n) is 2.62. The van der Waals surface area contributed by atoms with Gasteiger partial charge in [0.15, 0.2) is 11.5 Å². The van der Waals surface area contributed by atoms with Crippen molar-refractivity contribution in [1.82, 2.24) is 4.98 Å². The summed E-state index contributed by atoms with van der Waals surface area (Å²) in [5, 5.41) is 5.92. The number of aromatic nitrogens is 1. The highest BCUT2D eigenvalue weighted by molar-refractivity contribution is 6.31. The molecule has 1 aliphatic heterocycles. The molecule has 2 aromatic carbocycles. The van der Waals surface area contributed by atoms with Crippen molar-refractivity contribution in [3.8, 4) is 11.5 Å². The van der Waals surface area contributed by atoms with E-state index in [4.69, 9.17) is 21.1 Å². The Balaban J connectivity index is 1.48. The molecule has 2 heterocycles. The van der Waals surface area contributed by atoms with E-state index in [0.717, 1.165) is 0 Å². The molecule has 0 saturated carbocycles. The van der Waals surface area contributed by atoms with Gasteiger partial charge in [-0.25, -0.2) is 4.98 Å². The van der Waals surface area contributed by atoms with Gasteiger partial charge < -0.3 is 20.1 Å². The number of benzene rings is 2. The lowest BCUT2D eigenvalue weighted by atomic mass is 10.2. The van der Waals surface area contributed by atoms with Crippen LogP contribution in [0.25, 0.3) is 0 Å². The first kappa shape index (κ1) is 17.8. The van der Waals surface area contributed by atoms with Crippen molar-refractivity contribution in [3.05, 3.63) is 77.1 Å². The quantitative estimate of drug-likeness (QED) is 0.697. The summed E-state index contributed by atoms with van der Waals surface area (Å²) in [6, 6.07) is 16.5. The van der Waals surface area contributed by atoms with Crippen LogP contribution in [0.4, 0.5) is 11.4 Å². The van der Waals surface area contributed by atoms with Crippen LogP contribution in [0.2, 0.25) is 5.02 Å². The van der Waals surface area contributed by atoms with Crippen molar-refractivity contribution < 1.29 is 19.1 Å². The van der Waals surface area contributed by atoms with Gasteiger partial charge in [-0.15, -0.1) is 0 Å². The van der Waals surface area contributed by atoms with Gasteiger partial charge in [0.2, 0.25) is 6.79 Å². The van der Waals surface area contributed by atoms with Crippen LogP contribution in [0.3, 0.4) is 0 Å². The Morgan fingerprint density at radius 2 is 1.46 bits per heavy atom. The zero-order chi connectivity index (χ0) is 19.5. The van der Waals surface area contributed by atoms with Crippen LogP contribution in [0.5, 0.6) is 11.5 Å². The fourth-order valence-corrected chi connectivity index (χ4v) is 2.81. The summed E-state index contributed by atoms with van der Waals surface area (Å²) in [6.45, 7) is 0.151. The van der Waals surface area contributed by atoms with E-state index in [-0.39, 0.29) is 18.2 Å². The van der Waals surface area contributed by atoms with Gasteiger partial charge in [-0.3, -0.25) is 9.59 Å². The van der Waals surface area contributed by atoms with E-state index >= 15 is 0 Å². The van der Waals surface area contributed by atoms with Crippen LogP contribution in [-0.4, -0.2) is 23.6 Å². The summed E-state index contributed by atoms with van der Waals surface area (Å²) >= 11 is 5.92. The third kappa shape index (κ3) is 3.89.